The van der Waals surface area contributed by atoms with Crippen LogP contribution in [0.4, 0.5) is 24.9 Å². The average Bonchev–Trinajstić information content (AvgIpc) is 2.74. The van der Waals surface area contributed by atoms with Crippen LogP contribution in [-0.2, 0) is 11.3 Å². The van der Waals surface area contributed by atoms with Crippen LogP contribution in [0.25, 0.3) is 0 Å². The second-order valence-corrected chi connectivity index (χ2v) is 5.68. The fraction of sp³-hybridized carbons (Fsp3) is 0.222. The van der Waals surface area contributed by atoms with Crippen molar-refractivity contribution >= 4 is 23.9 Å². The molecule has 0 fully saturated rings. The summed E-state index contributed by atoms with van der Waals surface area (Å²) in [7, 11) is 2.72. The predicted molar refractivity (Wildman–Crippen MR) is 106 cm³/mol. The van der Waals surface area contributed by atoms with Gasteiger partial charge in [0, 0.05) is 31.6 Å². The Bertz CT molecular complexity index is 967. The van der Waals surface area contributed by atoms with E-state index in [0.29, 0.717) is 0 Å². The number of nitrogens with zero attached hydrogens (tertiary/aromatic N) is 3. The number of halogens is 3. The molecule has 1 amide bonds. The lowest BCUT2D eigenvalue weighted by atomic mass is 10.2. The van der Waals surface area contributed by atoms with Gasteiger partial charge in [-0.1, -0.05) is 0 Å². The van der Waals surface area contributed by atoms with Crippen molar-refractivity contribution in [1.82, 2.24) is 15.3 Å². The predicted octanol–water partition coefficient (Wildman–Crippen LogP) is 1.54. The molecule has 160 valence electrons. The summed E-state index contributed by atoms with van der Waals surface area (Å²) in [4.78, 5) is 22.7. The molecule has 0 radical (unpaired) electrons. The lowest BCUT2D eigenvalue weighted by Gasteiger charge is -2.12. The summed E-state index contributed by atoms with van der Waals surface area (Å²) in [5, 5.41) is 7.61. The van der Waals surface area contributed by atoms with Gasteiger partial charge in [0.05, 0.1) is 19.0 Å². The summed E-state index contributed by atoms with van der Waals surface area (Å²) >= 11 is 0. The number of hydrogen-bond acceptors (Lipinski definition) is 8. The number of aliphatic imine (C=N–C) groups is 1. The number of benzene rings is 1. The third-order valence-corrected chi connectivity index (χ3v) is 3.73. The molecule has 12 heteroatoms. The molecule has 1 aromatic heterocycles. The maximum absolute atomic E-state index is 14.2. The number of carbonyl (C=O) groups is 1. The molecule has 0 aliphatic rings. The number of likely N-dealkylation sites (N-methyl/N-ethyl adjacent to an activating group) is 1. The van der Waals surface area contributed by atoms with Gasteiger partial charge in [-0.2, -0.15) is 4.98 Å². The SMILES string of the molecule is CNC(=O)CN=CC(=CN)Nc1ncc(F)c(NCc2c(F)ccc(OC)c2F)n1. The van der Waals surface area contributed by atoms with E-state index in [1.54, 1.807) is 0 Å². The summed E-state index contributed by atoms with van der Waals surface area (Å²) in [6, 6.07) is 2.19. The first-order valence-corrected chi connectivity index (χ1v) is 8.56. The fourth-order valence-corrected chi connectivity index (χ4v) is 2.17. The zero-order chi connectivity index (χ0) is 22.1. The average molecular weight is 423 g/mol. The third kappa shape index (κ3) is 5.83. The number of ether oxygens (including phenoxy) is 1. The van der Waals surface area contributed by atoms with Crippen LogP contribution in [0.2, 0.25) is 0 Å². The van der Waals surface area contributed by atoms with Crippen molar-refractivity contribution in [3.8, 4) is 5.75 Å². The van der Waals surface area contributed by atoms with Gasteiger partial charge in [0.25, 0.3) is 0 Å². The lowest BCUT2D eigenvalue weighted by molar-refractivity contribution is -0.119. The molecule has 0 saturated heterocycles. The van der Waals surface area contributed by atoms with Crippen molar-refractivity contribution in [2.24, 2.45) is 10.7 Å². The van der Waals surface area contributed by atoms with E-state index in [0.717, 1.165) is 24.5 Å². The molecule has 2 aromatic rings. The number of anilines is 2. The van der Waals surface area contributed by atoms with E-state index >= 15 is 0 Å². The molecule has 30 heavy (non-hydrogen) atoms. The second-order valence-electron chi connectivity index (χ2n) is 5.68. The molecule has 0 spiro atoms. The summed E-state index contributed by atoms with van der Waals surface area (Å²) < 4.78 is 47.0. The summed E-state index contributed by atoms with van der Waals surface area (Å²) in [5.41, 5.74) is 5.37. The number of rotatable bonds is 9. The van der Waals surface area contributed by atoms with Gasteiger partial charge in [-0.15, -0.1) is 0 Å². The molecule has 9 nitrogen and oxygen atoms in total. The molecule has 0 aliphatic carbocycles. The summed E-state index contributed by atoms with van der Waals surface area (Å²) in [5.74, 6) is -3.37. The van der Waals surface area contributed by atoms with Gasteiger partial charge in [0.2, 0.25) is 11.9 Å². The molecular weight excluding hydrogens is 403 g/mol. The van der Waals surface area contributed by atoms with E-state index in [9.17, 15) is 18.0 Å². The minimum atomic E-state index is -0.904. The maximum atomic E-state index is 14.2. The molecule has 0 atom stereocenters. The summed E-state index contributed by atoms with van der Waals surface area (Å²) in [6.45, 7) is -0.514. The Kier molecular flexibility index (Phi) is 7.97. The van der Waals surface area contributed by atoms with Gasteiger partial charge >= 0.3 is 0 Å². The highest BCUT2D eigenvalue weighted by Crippen LogP contribution is 2.24. The van der Waals surface area contributed by atoms with Crippen LogP contribution >= 0.6 is 0 Å². The van der Waals surface area contributed by atoms with Crippen molar-refractivity contribution in [3.05, 3.63) is 53.2 Å². The number of nitrogens with two attached hydrogens (primary N) is 1. The largest absolute Gasteiger partial charge is 0.494 e. The van der Waals surface area contributed by atoms with E-state index in [1.165, 1.54) is 20.4 Å². The van der Waals surface area contributed by atoms with Crippen LogP contribution in [0.5, 0.6) is 5.75 Å². The number of aromatic nitrogens is 2. The normalized spacial score (nSPS) is 11.4. The van der Waals surface area contributed by atoms with Crippen LogP contribution in [0, 0.1) is 17.5 Å². The van der Waals surface area contributed by atoms with Crippen molar-refractivity contribution < 1.29 is 22.7 Å². The van der Waals surface area contributed by atoms with Gasteiger partial charge in [-0.05, 0) is 12.1 Å². The van der Waals surface area contributed by atoms with Gasteiger partial charge < -0.3 is 26.4 Å². The molecule has 5 N–H and O–H groups in total. The number of carbonyl (C=O) groups excluding carboxylic acids is 1. The zero-order valence-corrected chi connectivity index (χ0v) is 16.2. The van der Waals surface area contributed by atoms with Crippen molar-refractivity contribution in [3.63, 3.8) is 0 Å². The fourth-order valence-electron chi connectivity index (χ4n) is 2.17. The Morgan fingerprint density at radius 3 is 2.73 bits per heavy atom. The second kappa shape index (κ2) is 10.6. The van der Waals surface area contributed by atoms with Gasteiger partial charge in [-0.3, -0.25) is 9.79 Å². The Hall–Kier alpha value is -3.83. The highest BCUT2D eigenvalue weighted by Gasteiger charge is 2.15. The first kappa shape index (κ1) is 22.5. The molecular formula is C18H20F3N7O2. The van der Waals surface area contributed by atoms with E-state index in [2.05, 4.69) is 30.9 Å². The van der Waals surface area contributed by atoms with Crippen molar-refractivity contribution in [1.29, 1.82) is 0 Å². The molecule has 0 bridgehead atoms. The molecule has 2 rings (SSSR count). The van der Waals surface area contributed by atoms with E-state index in [1.807, 2.05) is 0 Å². The topological polar surface area (TPSA) is 127 Å². The number of nitrogens with one attached hydrogen (secondary N) is 3. The van der Waals surface area contributed by atoms with Crippen LogP contribution < -0.4 is 26.4 Å². The van der Waals surface area contributed by atoms with Crippen LogP contribution in [0.3, 0.4) is 0 Å². The van der Waals surface area contributed by atoms with E-state index < -0.39 is 24.0 Å². The molecule has 1 aromatic carbocycles. The minimum Gasteiger partial charge on any atom is -0.494 e. The molecule has 0 unspecified atom stereocenters. The Morgan fingerprint density at radius 1 is 1.30 bits per heavy atom. The Balaban J connectivity index is 2.13. The highest BCUT2D eigenvalue weighted by atomic mass is 19.1. The molecule has 0 aliphatic heterocycles. The van der Waals surface area contributed by atoms with Gasteiger partial charge in [0.15, 0.2) is 23.2 Å². The Morgan fingerprint density at radius 2 is 2.07 bits per heavy atom. The molecule has 0 saturated carbocycles. The first-order chi connectivity index (χ1) is 14.4. The van der Waals surface area contributed by atoms with E-state index in [-0.39, 0.29) is 41.2 Å². The van der Waals surface area contributed by atoms with Crippen LogP contribution in [-0.4, -0.2) is 42.8 Å². The number of amides is 1. The third-order valence-electron chi connectivity index (χ3n) is 3.73. The smallest absolute Gasteiger partial charge is 0.241 e. The summed E-state index contributed by atoms with van der Waals surface area (Å²) in [6.07, 6.45) is 3.29. The number of hydrogen-bond donors (Lipinski definition) is 4. The van der Waals surface area contributed by atoms with Crippen LogP contribution in [0.1, 0.15) is 5.56 Å². The maximum Gasteiger partial charge on any atom is 0.241 e. The monoisotopic (exact) mass is 423 g/mol. The Labute approximate surface area is 170 Å². The molecule has 1 heterocycles. The first-order valence-electron chi connectivity index (χ1n) is 8.56. The van der Waals surface area contributed by atoms with Gasteiger partial charge in [-0.25, -0.2) is 18.2 Å². The zero-order valence-electron chi connectivity index (χ0n) is 16.2. The standard InChI is InChI=1S/C18H20F3N7O2/c1-23-15(29)9-24-6-10(5-22)27-18-26-8-13(20)17(28-18)25-7-11-12(19)3-4-14(30-2)16(11)21/h3-6,8H,7,9,22H2,1-2H3,(H,23,29)(H2,25,26,27,28). The van der Waals surface area contributed by atoms with Crippen molar-refractivity contribution in [2.75, 3.05) is 31.3 Å². The number of methoxy groups -OCH3 is 1. The highest BCUT2D eigenvalue weighted by molar-refractivity contribution is 5.85. The lowest BCUT2D eigenvalue weighted by Crippen LogP contribution is -2.20. The minimum absolute atomic E-state index is 0.0615. The van der Waals surface area contributed by atoms with Crippen molar-refractivity contribution in [2.45, 2.75) is 6.54 Å². The van der Waals surface area contributed by atoms with Crippen LogP contribution in [0.15, 0.2) is 35.2 Å². The number of allylic oxidation sites excluding steroid dienone is 1. The quantitative estimate of drug-likeness (QED) is 0.451. The van der Waals surface area contributed by atoms with E-state index in [4.69, 9.17) is 10.5 Å². The van der Waals surface area contributed by atoms with Gasteiger partial charge in [0.1, 0.15) is 12.4 Å².